The van der Waals surface area contributed by atoms with Crippen LogP contribution in [0, 0.1) is 11.6 Å². The van der Waals surface area contributed by atoms with Crippen molar-refractivity contribution in [1.82, 2.24) is 0 Å². The topological polar surface area (TPSA) is 72.2 Å². The number of sulfonamides is 1. The van der Waals surface area contributed by atoms with Crippen LogP contribution in [0.2, 0.25) is 5.02 Å². The maximum atomic E-state index is 13.6. The first-order valence-electron chi connectivity index (χ1n) is 5.34. The lowest BCUT2D eigenvalue weighted by molar-refractivity contribution is 0.512. The molecule has 0 aliphatic heterocycles. The van der Waals surface area contributed by atoms with Crippen LogP contribution in [-0.2, 0) is 10.0 Å². The molecule has 0 spiro atoms. The van der Waals surface area contributed by atoms with Gasteiger partial charge in [-0.15, -0.1) is 0 Å². The normalized spacial score (nSPS) is 11.3. The van der Waals surface area contributed by atoms with Gasteiger partial charge in [0.1, 0.15) is 10.6 Å². The monoisotopic (exact) mass is 318 g/mol. The molecule has 20 heavy (non-hydrogen) atoms. The highest BCUT2D eigenvalue weighted by atomic mass is 35.5. The quantitative estimate of drug-likeness (QED) is 0.854. The lowest BCUT2D eigenvalue weighted by Crippen LogP contribution is -2.16. The van der Waals surface area contributed by atoms with Crippen molar-refractivity contribution in [2.45, 2.75) is 4.90 Å². The molecule has 2 aromatic carbocycles. The van der Waals surface area contributed by atoms with Gasteiger partial charge in [-0.2, -0.15) is 0 Å². The highest BCUT2D eigenvalue weighted by Gasteiger charge is 2.22. The summed E-state index contributed by atoms with van der Waals surface area (Å²) in [4.78, 5) is -0.260. The van der Waals surface area contributed by atoms with E-state index >= 15 is 0 Å². The molecule has 0 heterocycles. The molecular weight excluding hydrogens is 310 g/mol. The van der Waals surface area contributed by atoms with Crippen molar-refractivity contribution in [2.75, 3.05) is 10.5 Å². The number of nitrogens with two attached hydrogens (primary N) is 1. The van der Waals surface area contributed by atoms with Crippen LogP contribution >= 0.6 is 11.6 Å². The van der Waals surface area contributed by atoms with Gasteiger partial charge in [0.25, 0.3) is 10.0 Å². The van der Waals surface area contributed by atoms with Gasteiger partial charge in [-0.25, -0.2) is 17.2 Å². The molecule has 0 saturated carbocycles. The highest BCUT2D eigenvalue weighted by molar-refractivity contribution is 7.92. The number of nitrogens with one attached hydrogen (secondary N) is 1. The zero-order valence-corrected chi connectivity index (χ0v) is 11.5. The lowest BCUT2D eigenvalue weighted by Gasteiger charge is -2.12. The highest BCUT2D eigenvalue weighted by Crippen LogP contribution is 2.29. The van der Waals surface area contributed by atoms with Gasteiger partial charge in [0.05, 0.1) is 10.7 Å². The molecule has 4 nitrogen and oxygen atoms in total. The standard InChI is InChI=1S/C12H9ClF2N2O2S/c13-7-3-1-2-4-10(7)20(18,19)17-12-9(16)6-5-8(14)11(12)15/h1-6,17H,16H2. The summed E-state index contributed by atoms with van der Waals surface area (Å²) >= 11 is 5.77. The van der Waals surface area contributed by atoms with E-state index in [1.54, 1.807) is 6.07 Å². The van der Waals surface area contributed by atoms with Crippen molar-refractivity contribution in [1.29, 1.82) is 0 Å². The molecule has 0 bridgehead atoms. The van der Waals surface area contributed by atoms with Gasteiger partial charge in [-0.05, 0) is 24.3 Å². The second kappa shape index (κ2) is 5.26. The van der Waals surface area contributed by atoms with E-state index in [2.05, 4.69) is 0 Å². The van der Waals surface area contributed by atoms with Gasteiger partial charge in [-0.3, -0.25) is 4.72 Å². The van der Waals surface area contributed by atoms with Crippen molar-refractivity contribution in [3.63, 3.8) is 0 Å². The van der Waals surface area contributed by atoms with E-state index in [1.165, 1.54) is 18.2 Å². The number of anilines is 2. The Kier molecular flexibility index (Phi) is 3.82. The Balaban J connectivity index is 2.50. The lowest BCUT2D eigenvalue weighted by atomic mass is 10.2. The molecule has 0 aliphatic carbocycles. The van der Waals surface area contributed by atoms with Gasteiger partial charge in [0, 0.05) is 0 Å². The van der Waals surface area contributed by atoms with Crippen LogP contribution in [0.4, 0.5) is 20.2 Å². The molecule has 0 amide bonds. The number of hydrogen-bond donors (Lipinski definition) is 2. The van der Waals surface area contributed by atoms with E-state index in [4.69, 9.17) is 17.3 Å². The summed E-state index contributed by atoms with van der Waals surface area (Å²) in [5.41, 5.74) is 4.56. The SMILES string of the molecule is Nc1ccc(F)c(F)c1NS(=O)(=O)c1ccccc1Cl. The van der Waals surface area contributed by atoms with E-state index < -0.39 is 27.3 Å². The van der Waals surface area contributed by atoms with Crippen LogP contribution in [0.15, 0.2) is 41.3 Å². The third-order valence-corrected chi connectivity index (χ3v) is 4.34. The predicted octanol–water partition coefficient (Wildman–Crippen LogP) is 3.00. The Morgan fingerprint density at radius 2 is 1.75 bits per heavy atom. The Morgan fingerprint density at radius 1 is 1.10 bits per heavy atom. The molecule has 2 rings (SSSR count). The Bertz CT molecular complexity index is 766. The summed E-state index contributed by atoms with van der Waals surface area (Å²) in [6.07, 6.45) is 0. The molecule has 0 radical (unpaired) electrons. The summed E-state index contributed by atoms with van der Waals surface area (Å²) in [6.45, 7) is 0. The van der Waals surface area contributed by atoms with Crippen LogP contribution < -0.4 is 10.5 Å². The average molecular weight is 319 g/mol. The van der Waals surface area contributed by atoms with E-state index in [1.807, 2.05) is 4.72 Å². The Labute approximate surface area is 119 Å². The van der Waals surface area contributed by atoms with Crippen LogP contribution in [0.3, 0.4) is 0 Å². The molecule has 0 unspecified atom stereocenters. The minimum atomic E-state index is -4.17. The first-order chi connectivity index (χ1) is 9.33. The van der Waals surface area contributed by atoms with Crippen LogP contribution in [0.5, 0.6) is 0 Å². The third-order valence-electron chi connectivity index (χ3n) is 2.49. The van der Waals surface area contributed by atoms with Crippen molar-refractivity contribution in [2.24, 2.45) is 0 Å². The van der Waals surface area contributed by atoms with Crippen molar-refractivity contribution >= 4 is 33.0 Å². The van der Waals surface area contributed by atoms with Crippen LogP contribution in [0.1, 0.15) is 0 Å². The number of halogens is 3. The summed E-state index contributed by atoms with van der Waals surface area (Å²) in [6, 6.07) is 7.45. The maximum Gasteiger partial charge on any atom is 0.263 e. The van der Waals surface area contributed by atoms with Gasteiger partial charge < -0.3 is 5.73 Å². The fourth-order valence-electron chi connectivity index (χ4n) is 1.52. The fourth-order valence-corrected chi connectivity index (χ4v) is 3.13. The molecule has 0 aromatic heterocycles. The molecule has 3 N–H and O–H groups in total. The largest absolute Gasteiger partial charge is 0.397 e. The molecule has 0 fully saturated rings. The summed E-state index contributed by atoms with van der Waals surface area (Å²) in [5, 5.41) is -0.0459. The summed E-state index contributed by atoms with van der Waals surface area (Å²) in [5.74, 6) is -2.59. The fraction of sp³-hybridized carbons (Fsp3) is 0. The van der Waals surface area contributed by atoms with Gasteiger partial charge in [0.2, 0.25) is 0 Å². The number of rotatable bonds is 3. The van der Waals surface area contributed by atoms with Gasteiger partial charge >= 0.3 is 0 Å². The zero-order valence-electron chi connectivity index (χ0n) is 9.90. The first kappa shape index (κ1) is 14.5. The Hall–Kier alpha value is -1.86. The van der Waals surface area contributed by atoms with Gasteiger partial charge in [0.15, 0.2) is 11.6 Å². The maximum absolute atomic E-state index is 13.6. The molecule has 0 aliphatic rings. The van der Waals surface area contributed by atoms with Crippen molar-refractivity contribution in [3.05, 3.63) is 53.1 Å². The number of benzene rings is 2. The van der Waals surface area contributed by atoms with Crippen LogP contribution in [-0.4, -0.2) is 8.42 Å². The van der Waals surface area contributed by atoms with Crippen molar-refractivity contribution < 1.29 is 17.2 Å². The molecule has 106 valence electrons. The van der Waals surface area contributed by atoms with E-state index in [-0.39, 0.29) is 15.6 Å². The third kappa shape index (κ3) is 2.68. The Morgan fingerprint density at radius 3 is 2.40 bits per heavy atom. The second-order valence-electron chi connectivity index (χ2n) is 3.86. The van der Waals surface area contributed by atoms with E-state index in [0.29, 0.717) is 0 Å². The minimum absolute atomic E-state index is 0.0459. The van der Waals surface area contributed by atoms with Crippen molar-refractivity contribution in [3.8, 4) is 0 Å². The minimum Gasteiger partial charge on any atom is -0.397 e. The number of hydrogen-bond acceptors (Lipinski definition) is 3. The first-order valence-corrected chi connectivity index (χ1v) is 7.20. The molecule has 0 saturated heterocycles. The summed E-state index contributed by atoms with van der Waals surface area (Å²) in [7, 11) is -4.17. The van der Waals surface area contributed by atoms with Crippen LogP contribution in [0.25, 0.3) is 0 Å². The van der Waals surface area contributed by atoms with Gasteiger partial charge in [-0.1, -0.05) is 23.7 Å². The second-order valence-corrected chi connectivity index (χ2v) is 5.92. The average Bonchev–Trinajstić information content (AvgIpc) is 2.39. The van der Waals surface area contributed by atoms with E-state index in [0.717, 1.165) is 12.1 Å². The summed E-state index contributed by atoms with van der Waals surface area (Å²) < 4.78 is 52.8. The molecule has 0 atom stereocenters. The van der Waals surface area contributed by atoms with E-state index in [9.17, 15) is 17.2 Å². The predicted molar refractivity (Wildman–Crippen MR) is 73.0 cm³/mol. The molecular formula is C12H9ClF2N2O2S. The number of nitrogen functional groups attached to an aromatic ring is 1. The molecule has 8 heteroatoms. The molecule has 2 aromatic rings. The smallest absolute Gasteiger partial charge is 0.263 e. The zero-order chi connectivity index (χ0) is 14.9.